The van der Waals surface area contributed by atoms with Crippen molar-refractivity contribution in [3.63, 3.8) is 0 Å². The van der Waals surface area contributed by atoms with Gasteiger partial charge < -0.3 is 9.42 Å². The van der Waals surface area contributed by atoms with E-state index in [1.807, 2.05) is 11.9 Å². The zero-order valence-electron chi connectivity index (χ0n) is 14.1. The van der Waals surface area contributed by atoms with E-state index in [0.717, 1.165) is 19.8 Å². The Hall–Kier alpha value is -1.57. The molecule has 0 radical (unpaired) electrons. The number of hydrogen-bond acceptors (Lipinski definition) is 5. The molecule has 1 heterocycles. The zero-order valence-corrected chi connectivity index (χ0v) is 14.1. The van der Waals surface area contributed by atoms with Crippen molar-refractivity contribution >= 4 is 5.91 Å². The quantitative estimate of drug-likeness (QED) is 0.731. The lowest BCUT2D eigenvalue weighted by Gasteiger charge is -2.26. The van der Waals surface area contributed by atoms with E-state index in [9.17, 15) is 13.6 Å². The number of hydrogen-bond donors (Lipinski definition) is 0. The Balaban J connectivity index is 1.76. The molecule has 8 heteroatoms. The monoisotopic (exact) mass is 330 g/mol. The van der Waals surface area contributed by atoms with Gasteiger partial charge >= 0.3 is 0 Å². The Bertz CT molecular complexity index is 540. The van der Waals surface area contributed by atoms with Gasteiger partial charge in [-0.05, 0) is 26.8 Å². The average molecular weight is 330 g/mol. The second-order valence-corrected chi connectivity index (χ2v) is 6.50. The van der Waals surface area contributed by atoms with Gasteiger partial charge in [0.25, 0.3) is 5.92 Å². The third kappa shape index (κ3) is 4.95. The Morgan fingerprint density at radius 1 is 1.39 bits per heavy atom. The first-order chi connectivity index (χ1) is 10.7. The summed E-state index contributed by atoms with van der Waals surface area (Å²) >= 11 is 0. The molecule has 1 amide bonds. The molecule has 0 bridgehead atoms. The molecule has 2 rings (SSSR count). The summed E-state index contributed by atoms with van der Waals surface area (Å²) in [7, 11) is 3.40. The molecular formula is C15H24F2N4O2. The van der Waals surface area contributed by atoms with Crippen molar-refractivity contribution in [2.75, 3.05) is 27.2 Å². The number of rotatable bonds is 8. The van der Waals surface area contributed by atoms with E-state index in [1.165, 1.54) is 18.9 Å². The minimum atomic E-state index is -3.01. The Morgan fingerprint density at radius 3 is 2.61 bits per heavy atom. The molecule has 1 saturated carbocycles. The summed E-state index contributed by atoms with van der Waals surface area (Å²) < 4.78 is 31.6. The minimum absolute atomic E-state index is 0.364. The van der Waals surface area contributed by atoms with Crippen LogP contribution >= 0.6 is 0 Å². The Kier molecular flexibility index (Phi) is 5.33. The van der Waals surface area contributed by atoms with Crippen LogP contribution in [0.5, 0.6) is 0 Å². The third-order valence-corrected chi connectivity index (χ3v) is 4.15. The summed E-state index contributed by atoms with van der Waals surface area (Å²) in [6, 6.07) is 0. The highest BCUT2D eigenvalue weighted by atomic mass is 19.3. The molecule has 1 unspecified atom stereocenters. The summed E-state index contributed by atoms with van der Waals surface area (Å²) in [6.45, 7) is 3.42. The fraction of sp³-hybridized carbons (Fsp3) is 0.800. The van der Waals surface area contributed by atoms with Crippen molar-refractivity contribution in [2.24, 2.45) is 5.92 Å². The highest BCUT2D eigenvalue weighted by Crippen LogP contribution is 2.38. The van der Waals surface area contributed by atoms with Gasteiger partial charge in [0.05, 0.1) is 12.5 Å². The summed E-state index contributed by atoms with van der Waals surface area (Å²) in [5.74, 6) is -3.17. The number of aromatic nitrogens is 2. The predicted molar refractivity (Wildman–Crippen MR) is 80.0 cm³/mol. The maximum atomic E-state index is 13.2. The van der Waals surface area contributed by atoms with Crippen LogP contribution in [0.15, 0.2) is 4.52 Å². The van der Waals surface area contributed by atoms with E-state index in [2.05, 4.69) is 10.1 Å². The SMILES string of the molecule is CC(C(=O)N(C)CCN(C)Cc1noc(C2CC2)n1)C(C)(F)F. The van der Waals surface area contributed by atoms with E-state index in [0.29, 0.717) is 37.3 Å². The van der Waals surface area contributed by atoms with E-state index < -0.39 is 17.7 Å². The molecule has 0 aromatic carbocycles. The second kappa shape index (κ2) is 6.90. The first-order valence-electron chi connectivity index (χ1n) is 7.82. The number of alkyl halides is 2. The molecular weight excluding hydrogens is 306 g/mol. The molecule has 1 aliphatic rings. The van der Waals surface area contributed by atoms with Crippen LogP contribution in [-0.4, -0.2) is 59.0 Å². The fourth-order valence-electron chi connectivity index (χ4n) is 2.13. The highest BCUT2D eigenvalue weighted by molar-refractivity contribution is 5.79. The van der Waals surface area contributed by atoms with Gasteiger partial charge in [-0.3, -0.25) is 9.69 Å². The minimum Gasteiger partial charge on any atom is -0.344 e. The second-order valence-electron chi connectivity index (χ2n) is 6.50. The van der Waals surface area contributed by atoms with Gasteiger partial charge in [-0.25, -0.2) is 8.78 Å². The van der Waals surface area contributed by atoms with E-state index in [-0.39, 0.29) is 0 Å². The summed E-state index contributed by atoms with van der Waals surface area (Å²) in [5, 5.41) is 3.93. The molecule has 1 aliphatic carbocycles. The van der Waals surface area contributed by atoms with Crippen molar-refractivity contribution in [1.82, 2.24) is 19.9 Å². The van der Waals surface area contributed by atoms with Crippen LogP contribution < -0.4 is 0 Å². The van der Waals surface area contributed by atoms with Crippen molar-refractivity contribution in [3.8, 4) is 0 Å². The Labute approximate surface area is 134 Å². The Morgan fingerprint density at radius 2 is 2.04 bits per heavy atom. The molecule has 1 aromatic heterocycles. The lowest BCUT2D eigenvalue weighted by molar-refractivity contribution is -0.145. The fourth-order valence-corrected chi connectivity index (χ4v) is 2.13. The molecule has 1 atom stereocenters. The number of carbonyl (C=O) groups excluding carboxylic acids is 1. The van der Waals surface area contributed by atoms with Crippen LogP contribution in [0.25, 0.3) is 0 Å². The predicted octanol–water partition coefficient (Wildman–Crippen LogP) is 2.13. The topological polar surface area (TPSA) is 62.5 Å². The van der Waals surface area contributed by atoms with Crippen molar-refractivity contribution in [1.29, 1.82) is 0 Å². The van der Waals surface area contributed by atoms with Crippen molar-refractivity contribution in [2.45, 2.75) is 45.1 Å². The summed E-state index contributed by atoms with van der Waals surface area (Å²) in [4.78, 5) is 19.5. The standard InChI is InChI=1S/C15H24F2N4O2/c1-10(15(2,16)17)14(22)21(4)8-7-20(3)9-12-18-13(23-19-12)11-5-6-11/h10-11H,5-9H2,1-4H3. The van der Waals surface area contributed by atoms with Crippen molar-refractivity contribution < 1.29 is 18.1 Å². The van der Waals surface area contributed by atoms with E-state index in [1.54, 1.807) is 0 Å². The normalized spacial score (nSPS) is 16.7. The number of halogens is 2. The van der Waals surface area contributed by atoms with Crippen LogP contribution in [0.1, 0.15) is 44.3 Å². The molecule has 130 valence electrons. The zero-order chi connectivity index (χ0) is 17.2. The highest BCUT2D eigenvalue weighted by Gasteiger charge is 2.37. The average Bonchev–Trinajstić information content (AvgIpc) is 3.23. The molecule has 1 aromatic rings. The molecule has 23 heavy (non-hydrogen) atoms. The van der Waals surface area contributed by atoms with Gasteiger partial charge in [-0.15, -0.1) is 0 Å². The number of carbonyl (C=O) groups is 1. The van der Waals surface area contributed by atoms with Gasteiger partial charge in [-0.2, -0.15) is 4.98 Å². The number of amides is 1. The van der Waals surface area contributed by atoms with Gasteiger partial charge in [-0.1, -0.05) is 5.16 Å². The van der Waals surface area contributed by atoms with Gasteiger partial charge in [0.15, 0.2) is 5.82 Å². The molecule has 6 nitrogen and oxygen atoms in total. The molecule has 0 aliphatic heterocycles. The van der Waals surface area contributed by atoms with Crippen LogP contribution in [0, 0.1) is 5.92 Å². The molecule has 0 N–H and O–H groups in total. The van der Waals surface area contributed by atoms with Gasteiger partial charge in [0, 0.05) is 33.0 Å². The van der Waals surface area contributed by atoms with Crippen LogP contribution in [-0.2, 0) is 11.3 Å². The van der Waals surface area contributed by atoms with Crippen LogP contribution in [0.2, 0.25) is 0 Å². The van der Waals surface area contributed by atoms with Crippen molar-refractivity contribution in [3.05, 3.63) is 11.7 Å². The smallest absolute Gasteiger partial charge is 0.256 e. The van der Waals surface area contributed by atoms with E-state index >= 15 is 0 Å². The summed E-state index contributed by atoms with van der Waals surface area (Å²) in [6.07, 6.45) is 2.20. The molecule has 0 saturated heterocycles. The molecule has 1 fully saturated rings. The van der Waals surface area contributed by atoms with Crippen LogP contribution in [0.4, 0.5) is 8.78 Å². The van der Waals surface area contributed by atoms with Gasteiger partial charge in [0.2, 0.25) is 11.8 Å². The third-order valence-electron chi connectivity index (χ3n) is 4.15. The maximum absolute atomic E-state index is 13.2. The van der Waals surface area contributed by atoms with Gasteiger partial charge in [0.1, 0.15) is 0 Å². The summed E-state index contributed by atoms with van der Waals surface area (Å²) in [5.41, 5.74) is 0. The van der Waals surface area contributed by atoms with Crippen LogP contribution in [0.3, 0.4) is 0 Å². The number of likely N-dealkylation sites (N-methyl/N-ethyl adjacent to an activating group) is 2. The molecule has 0 spiro atoms. The van der Waals surface area contributed by atoms with E-state index in [4.69, 9.17) is 4.52 Å². The lowest BCUT2D eigenvalue weighted by Crippen LogP contribution is -2.42. The first-order valence-corrected chi connectivity index (χ1v) is 7.82. The largest absolute Gasteiger partial charge is 0.344 e. The lowest BCUT2D eigenvalue weighted by atomic mass is 10.0. The maximum Gasteiger partial charge on any atom is 0.256 e. The first kappa shape index (κ1) is 17.8. The number of nitrogens with zero attached hydrogens (tertiary/aromatic N) is 4.